The Labute approximate surface area is 197 Å². The first-order chi connectivity index (χ1) is 16.4. The summed E-state index contributed by atoms with van der Waals surface area (Å²) in [6.45, 7) is 0.775. The zero-order valence-electron chi connectivity index (χ0n) is 19.0. The van der Waals surface area contributed by atoms with Gasteiger partial charge < -0.3 is 9.84 Å². The highest BCUT2D eigenvalue weighted by atomic mass is 19.1. The maximum atomic E-state index is 14.4. The summed E-state index contributed by atoms with van der Waals surface area (Å²) < 4.78 is 19.7. The number of nitrogens with one attached hydrogen (secondary N) is 1. The van der Waals surface area contributed by atoms with Crippen LogP contribution >= 0.6 is 0 Å². The zero-order valence-corrected chi connectivity index (χ0v) is 19.0. The summed E-state index contributed by atoms with van der Waals surface area (Å²) in [6.07, 6.45) is -0.571. The largest absolute Gasteiger partial charge is 0.480 e. The van der Waals surface area contributed by atoms with Crippen molar-refractivity contribution in [2.45, 2.75) is 19.4 Å². The first-order valence-corrected chi connectivity index (χ1v) is 10.8. The molecule has 1 heterocycles. The molecule has 176 valence electrons. The van der Waals surface area contributed by atoms with Crippen LogP contribution < -0.4 is 5.48 Å². The average molecular weight is 464 g/mol. The lowest BCUT2D eigenvalue weighted by atomic mass is 9.97. The molecule has 1 unspecified atom stereocenters. The number of rotatable bonds is 9. The number of benzene rings is 3. The van der Waals surface area contributed by atoms with E-state index in [1.807, 2.05) is 42.5 Å². The smallest absolute Gasteiger partial charge is 0.317 e. The number of carboxylic acids is 1. The second-order valence-corrected chi connectivity index (χ2v) is 8.15. The van der Waals surface area contributed by atoms with Crippen LogP contribution in [0.15, 0.2) is 71.7 Å². The fourth-order valence-electron chi connectivity index (χ4n) is 3.96. The van der Waals surface area contributed by atoms with E-state index in [0.717, 1.165) is 27.8 Å². The van der Waals surface area contributed by atoms with Gasteiger partial charge in [0.05, 0.1) is 13.2 Å². The number of halogens is 1. The van der Waals surface area contributed by atoms with E-state index < -0.39 is 12.2 Å². The predicted octanol–water partition coefficient (Wildman–Crippen LogP) is 4.14. The second kappa shape index (κ2) is 10.6. The lowest BCUT2D eigenvalue weighted by Gasteiger charge is -2.14. The van der Waals surface area contributed by atoms with E-state index >= 15 is 0 Å². The molecule has 8 heteroatoms. The SMILES string of the molecule is COCc1cc(C2N=C(c3cccc(CN(C)CC(=O)O)c3)NO2)ccc1-c1ccccc1F. The first kappa shape index (κ1) is 23.6. The molecule has 4 rings (SSSR count). The first-order valence-electron chi connectivity index (χ1n) is 10.8. The number of aliphatic carboxylic acids is 1. The monoisotopic (exact) mass is 463 g/mol. The number of carboxylic acid groups (broad SMARTS) is 1. The molecule has 1 aliphatic heterocycles. The van der Waals surface area contributed by atoms with Crippen molar-refractivity contribution in [3.8, 4) is 11.1 Å². The van der Waals surface area contributed by atoms with Crippen molar-refractivity contribution in [1.29, 1.82) is 0 Å². The van der Waals surface area contributed by atoms with E-state index in [2.05, 4.69) is 10.5 Å². The number of aliphatic imine (C=N–C) groups is 1. The Morgan fingerprint density at radius 1 is 1.15 bits per heavy atom. The third kappa shape index (κ3) is 5.48. The molecule has 1 aliphatic rings. The van der Waals surface area contributed by atoms with Crippen molar-refractivity contribution in [1.82, 2.24) is 10.4 Å². The van der Waals surface area contributed by atoms with Gasteiger partial charge in [-0.15, -0.1) is 0 Å². The number of carbonyl (C=O) groups is 1. The van der Waals surface area contributed by atoms with Crippen molar-refractivity contribution in [3.63, 3.8) is 0 Å². The molecule has 1 atom stereocenters. The van der Waals surface area contributed by atoms with Gasteiger partial charge in [0.2, 0.25) is 6.23 Å². The quantitative estimate of drug-likeness (QED) is 0.496. The van der Waals surface area contributed by atoms with E-state index in [9.17, 15) is 9.18 Å². The van der Waals surface area contributed by atoms with Crippen molar-refractivity contribution >= 4 is 11.8 Å². The highest BCUT2D eigenvalue weighted by Gasteiger charge is 2.23. The summed E-state index contributed by atoms with van der Waals surface area (Å²) in [5.41, 5.74) is 7.61. The van der Waals surface area contributed by atoms with E-state index in [4.69, 9.17) is 14.7 Å². The Morgan fingerprint density at radius 3 is 2.74 bits per heavy atom. The van der Waals surface area contributed by atoms with Crippen LogP contribution in [0.5, 0.6) is 0 Å². The van der Waals surface area contributed by atoms with Crippen molar-refractivity contribution < 1.29 is 23.9 Å². The Morgan fingerprint density at radius 2 is 1.97 bits per heavy atom. The molecular weight excluding hydrogens is 437 g/mol. The minimum atomic E-state index is -0.870. The molecule has 0 fully saturated rings. The van der Waals surface area contributed by atoms with Crippen LogP contribution in [0, 0.1) is 5.82 Å². The van der Waals surface area contributed by atoms with Gasteiger partial charge in [0, 0.05) is 30.3 Å². The molecule has 0 amide bonds. The van der Waals surface area contributed by atoms with Crippen LogP contribution in [0.25, 0.3) is 11.1 Å². The number of hydrogen-bond acceptors (Lipinski definition) is 6. The Balaban J connectivity index is 1.57. The van der Waals surface area contributed by atoms with Gasteiger partial charge >= 0.3 is 5.97 Å². The third-order valence-electron chi connectivity index (χ3n) is 5.45. The maximum Gasteiger partial charge on any atom is 0.317 e. The van der Waals surface area contributed by atoms with Crippen LogP contribution in [-0.4, -0.2) is 42.5 Å². The number of nitrogens with zero attached hydrogens (tertiary/aromatic N) is 2. The van der Waals surface area contributed by atoms with Crippen molar-refractivity contribution in [2.24, 2.45) is 4.99 Å². The second-order valence-electron chi connectivity index (χ2n) is 8.15. The molecular formula is C26H26FN3O4. The van der Waals surface area contributed by atoms with E-state index in [1.165, 1.54) is 6.07 Å². The Bertz CT molecular complexity index is 1210. The van der Waals surface area contributed by atoms with Crippen LogP contribution in [0.4, 0.5) is 4.39 Å². The van der Waals surface area contributed by atoms with Gasteiger partial charge in [0.15, 0.2) is 5.84 Å². The molecule has 0 aromatic heterocycles. The van der Waals surface area contributed by atoms with E-state index in [-0.39, 0.29) is 12.4 Å². The molecule has 34 heavy (non-hydrogen) atoms. The number of ether oxygens (including phenoxy) is 1. The predicted molar refractivity (Wildman–Crippen MR) is 126 cm³/mol. The topological polar surface area (TPSA) is 83.4 Å². The summed E-state index contributed by atoms with van der Waals surface area (Å²) in [7, 11) is 3.36. The molecule has 0 spiro atoms. The zero-order chi connectivity index (χ0) is 24.1. The third-order valence-corrected chi connectivity index (χ3v) is 5.45. The minimum Gasteiger partial charge on any atom is -0.480 e. The van der Waals surface area contributed by atoms with E-state index in [0.29, 0.717) is 24.6 Å². The van der Waals surface area contributed by atoms with E-state index in [1.54, 1.807) is 37.3 Å². The van der Waals surface area contributed by atoms with Crippen molar-refractivity contribution in [3.05, 3.63) is 94.8 Å². The summed E-state index contributed by atoms with van der Waals surface area (Å²) in [4.78, 5) is 23.0. The van der Waals surface area contributed by atoms with Gasteiger partial charge in [0.1, 0.15) is 5.82 Å². The van der Waals surface area contributed by atoms with Crippen molar-refractivity contribution in [2.75, 3.05) is 20.7 Å². The number of amidine groups is 1. The summed E-state index contributed by atoms with van der Waals surface area (Å²) in [6, 6.07) is 20.0. The Hall–Kier alpha value is -3.59. The van der Waals surface area contributed by atoms with Gasteiger partial charge in [-0.3, -0.25) is 9.69 Å². The van der Waals surface area contributed by atoms with Crippen LogP contribution in [-0.2, 0) is 27.5 Å². The van der Waals surface area contributed by atoms with Crippen LogP contribution in [0.3, 0.4) is 0 Å². The van der Waals surface area contributed by atoms with Crippen LogP contribution in [0.2, 0.25) is 0 Å². The highest BCUT2D eigenvalue weighted by molar-refractivity contribution is 5.99. The fraction of sp³-hybridized carbons (Fsp3) is 0.231. The van der Waals surface area contributed by atoms with Crippen LogP contribution in [0.1, 0.15) is 28.5 Å². The standard InChI is InChI=1S/C26H26FN3O4/c1-30(15-24(31)32)14-17-6-5-7-18(12-17)25-28-26(34-29-25)19-10-11-21(20(13-19)16-33-2)22-8-3-4-9-23(22)27/h3-13,26H,14-16H2,1-2H3,(H,28,29)(H,31,32). The summed E-state index contributed by atoms with van der Waals surface area (Å²) in [5, 5.41) is 8.96. The lowest BCUT2D eigenvalue weighted by molar-refractivity contribution is -0.138. The molecule has 0 radical (unpaired) electrons. The van der Waals surface area contributed by atoms with Gasteiger partial charge in [-0.1, -0.05) is 48.5 Å². The molecule has 0 saturated heterocycles. The minimum absolute atomic E-state index is 0.0404. The van der Waals surface area contributed by atoms with Gasteiger partial charge in [-0.2, -0.15) is 0 Å². The molecule has 3 aromatic carbocycles. The molecule has 0 saturated carbocycles. The number of hydroxylamine groups is 1. The van der Waals surface area contributed by atoms with Gasteiger partial charge in [-0.05, 0) is 41.9 Å². The van der Waals surface area contributed by atoms with Gasteiger partial charge in [0.25, 0.3) is 0 Å². The molecule has 2 N–H and O–H groups in total. The molecule has 7 nitrogen and oxygen atoms in total. The lowest BCUT2D eigenvalue weighted by Crippen LogP contribution is -2.25. The highest BCUT2D eigenvalue weighted by Crippen LogP contribution is 2.31. The summed E-state index contributed by atoms with van der Waals surface area (Å²) >= 11 is 0. The Kier molecular flexibility index (Phi) is 7.32. The number of methoxy groups -OCH3 is 1. The number of hydrogen-bond donors (Lipinski definition) is 2. The summed E-state index contributed by atoms with van der Waals surface area (Å²) in [5.74, 6) is -0.578. The number of likely N-dealkylation sites (N-methyl/N-ethyl adjacent to an activating group) is 1. The fourth-order valence-corrected chi connectivity index (χ4v) is 3.96. The molecule has 0 bridgehead atoms. The van der Waals surface area contributed by atoms with Gasteiger partial charge in [-0.25, -0.2) is 19.7 Å². The maximum absolute atomic E-state index is 14.4. The molecule has 3 aromatic rings. The average Bonchev–Trinajstić information content (AvgIpc) is 3.30. The normalized spacial score (nSPS) is 15.3. The molecule has 0 aliphatic carbocycles.